The summed E-state index contributed by atoms with van der Waals surface area (Å²) in [5.74, 6) is -2.91. The van der Waals surface area contributed by atoms with Crippen LogP contribution in [0.15, 0.2) is 46.8 Å². The molecule has 2 amide bonds. The lowest BCUT2D eigenvalue weighted by Crippen LogP contribution is -2.15. The number of amides is 2. The van der Waals surface area contributed by atoms with Gasteiger partial charge in [0, 0.05) is 6.07 Å². The van der Waals surface area contributed by atoms with E-state index in [-0.39, 0.29) is 34.7 Å². The van der Waals surface area contributed by atoms with E-state index in [0.29, 0.717) is 16.0 Å². The number of aromatic nitrogens is 2. The number of nitrogens with one attached hydrogen (secondary N) is 2. The van der Waals surface area contributed by atoms with Gasteiger partial charge in [0.2, 0.25) is 16.9 Å². The van der Waals surface area contributed by atoms with Gasteiger partial charge in [0.15, 0.2) is 4.34 Å². The van der Waals surface area contributed by atoms with Gasteiger partial charge in [-0.15, -0.1) is 10.2 Å². The van der Waals surface area contributed by atoms with Crippen LogP contribution in [0, 0.1) is 17.5 Å². The fourth-order valence-corrected chi connectivity index (χ4v) is 3.74. The molecule has 0 unspecified atom stereocenters. The molecule has 29 heavy (non-hydrogen) atoms. The van der Waals surface area contributed by atoms with Crippen molar-refractivity contribution in [1.29, 1.82) is 0 Å². The molecule has 1 aromatic heterocycles. The minimum absolute atomic E-state index is 0.0496. The van der Waals surface area contributed by atoms with Crippen LogP contribution < -0.4 is 10.6 Å². The lowest BCUT2D eigenvalue weighted by molar-refractivity contribution is -0.115. The molecule has 0 bridgehead atoms. The van der Waals surface area contributed by atoms with Crippen molar-refractivity contribution in [3.8, 4) is 0 Å². The largest absolute Gasteiger partial charge is 0.323 e. The number of anilines is 2. The first-order valence-corrected chi connectivity index (χ1v) is 9.95. The van der Waals surface area contributed by atoms with Crippen LogP contribution in [0.3, 0.4) is 0 Å². The maximum Gasteiger partial charge on any atom is 0.234 e. The highest BCUT2D eigenvalue weighted by Gasteiger charge is 2.12. The quantitative estimate of drug-likeness (QED) is 0.432. The molecule has 0 spiro atoms. The third kappa shape index (κ3) is 6.29. The molecule has 2 aromatic carbocycles. The Hall–Kier alpha value is -2.92. The summed E-state index contributed by atoms with van der Waals surface area (Å²) in [6.07, 6.45) is 0.0496. The Labute approximate surface area is 171 Å². The third-order valence-corrected chi connectivity index (χ3v) is 5.43. The number of nitrogens with zero attached hydrogens (tertiary/aromatic N) is 2. The first kappa shape index (κ1) is 20.8. The Bertz CT molecular complexity index is 1030. The van der Waals surface area contributed by atoms with Crippen LogP contribution in [0.2, 0.25) is 0 Å². The van der Waals surface area contributed by atoms with Crippen LogP contribution in [-0.4, -0.2) is 27.8 Å². The normalized spacial score (nSPS) is 10.6. The Morgan fingerprint density at radius 2 is 1.66 bits per heavy atom. The Morgan fingerprint density at radius 3 is 2.38 bits per heavy atom. The van der Waals surface area contributed by atoms with Crippen molar-refractivity contribution in [2.45, 2.75) is 10.8 Å². The number of benzene rings is 2. The number of rotatable bonds is 7. The summed E-state index contributed by atoms with van der Waals surface area (Å²) >= 11 is 2.13. The lowest BCUT2D eigenvalue weighted by Gasteiger charge is -2.05. The van der Waals surface area contributed by atoms with Crippen molar-refractivity contribution < 1.29 is 22.8 Å². The topological polar surface area (TPSA) is 84.0 Å². The van der Waals surface area contributed by atoms with E-state index in [1.807, 2.05) is 0 Å². The van der Waals surface area contributed by atoms with Crippen LogP contribution >= 0.6 is 23.1 Å². The van der Waals surface area contributed by atoms with E-state index < -0.39 is 17.5 Å². The van der Waals surface area contributed by atoms with Crippen LogP contribution in [0.5, 0.6) is 0 Å². The van der Waals surface area contributed by atoms with E-state index in [1.165, 1.54) is 24.3 Å². The van der Waals surface area contributed by atoms with E-state index in [2.05, 4.69) is 20.8 Å². The average Bonchev–Trinajstić information content (AvgIpc) is 3.11. The molecule has 0 fully saturated rings. The fraction of sp³-hybridized carbons (Fsp3) is 0.111. The molecule has 0 radical (unpaired) electrons. The molecule has 0 saturated carbocycles. The van der Waals surface area contributed by atoms with Crippen LogP contribution in [-0.2, 0) is 16.0 Å². The predicted octanol–water partition coefficient (Wildman–Crippen LogP) is 3.87. The number of halogens is 3. The zero-order valence-electron chi connectivity index (χ0n) is 14.6. The number of carbonyl (C=O) groups excluding carboxylic acids is 2. The highest BCUT2D eigenvalue weighted by atomic mass is 32.2. The molecule has 0 aliphatic carbocycles. The first-order valence-electron chi connectivity index (χ1n) is 8.14. The highest BCUT2D eigenvalue weighted by Crippen LogP contribution is 2.26. The molecule has 11 heteroatoms. The molecule has 2 N–H and O–H groups in total. The van der Waals surface area contributed by atoms with E-state index in [4.69, 9.17) is 0 Å². The van der Waals surface area contributed by atoms with E-state index in [1.54, 1.807) is 0 Å². The van der Waals surface area contributed by atoms with Gasteiger partial charge < -0.3 is 10.6 Å². The van der Waals surface area contributed by atoms with E-state index in [0.717, 1.165) is 35.2 Å². The molecule has 3 aromatic rings. The minimum Gasteiger partial charge on any atom is -0.323 e. The standard InChI is InChI=1S/C18H13F3N4O2S2/c19-11-3-1-10(2-4-11)7-15(26)23-17-24-25-18(29-17)28-9-16(27)22-14-6-5-12(20)8-13(14)21/h1-6,8H,7,9H2,(H,22,27)(H,23,24,26). The number of hydrogen-bond acceptors (Lipinski definition) is 6. The summed E-state index contributed by atoms with van der Waals surface area (Å²) in [6, 6.07) is 8.41. The molecule has 0 aliphatic heterocycles. The summed E-state index contributed by atoms with van der Waals surface area (Å²) in [5.41, 5.74) is 0.524. The second-order valence-electron chi connectivity index (χ2n) is 5.69. The monoisotopic (exact) mass is 438 g/mol. The molecular formula is C18H13F3N4O2S2. The van der Waals surface area contributed by atoms with Crippen molar-refractivity contribution >= 4 is 45.7 Å². The molecule has 0 aliphatic rings. The maximum absolute atomic E-state index is 13.5. The van der Waals surface area contributed by atoms with Crippen molar-refractivity contribution in [2.24, 2.45) is 0 Å². The van der Waals surface area contributed by atoms with Crippen LogP contribution in [0.1, 0.15) is 5.56 Å². The summed E-state index contributed by atoms with van der Waals surface area (Å²) in [4.78, 5) is 23.9. The Morgan fingerprint density at radius 1 is 0.931 bits per heavy atom. The van der Waals surface area contributed by atoms with Gasteiger partial charge in [-0.1, -0.05) is 35.2 Å². The zero-order valence-corrected chi connectivity index (χ0v) is 16.2. The lowest BCUT2D eigenvalue weighted by atomic mass is 10.1. The van der Waals surface area contributed by atoms with Crippen LogP contribution in [0.25, 0.3) is 0 Å². The van der Waals surface area contributed by atoms with Crippen molar-refractivity contribution in [1.82, 2.24) is 10.2 Å². The molecule has 0 saturated heterocycles. The Kier molecular flexibility index (Phi) is 6.83. The average molecular weight is 438 g/mol. The first-order chi connectivity index (χ1) is 13.9. The Balaban J connectivity index is 1.47. The number of hydrogen-bond donors (Lipinski definition) is 2. The molecule has 1 heterocycles. The SMILES string of the molecule is O=C(Cc1ccc(F)cc1)Nc1nnc(SCC(=O)Nc2ccc(F)cc2F)s1. The predicted molar refractivity (Wildman–Crippen MR) is 104 cm³/mol. The van der Waals surface area contributed by atoms with Crippen LogP contribution in [0.4, 0.5) is 24.0 Å². The molecule has 0 atom stereocenters. The summed E-state index contributed by atoms with van der Waals surface area (Å²) in [6.45, 7) is 0. The second-order valence-corrected chi connectivity index (χ2v) is 7.89. The van der Waals surface area contributed by atoms with Gasteiger partial charge in [0.05, 0.1) is 17.9 Å². The van der Waals surface area contributed by atoms with Crippen molar-refractivity contribution in [3.05, 3.63) is 65.5 Å². The second kappa shape index (κ2) is 9.52. The number of carbonyl (C=O) groups is 2. The molecular weight excluding hydrogens is 425 g/mol. The fourth-order valence-electron chi connectivity index (χ4n) is 2.17. The minimum atomic E-state index is -0.870. The van der Waals surface area contributed by atoms with Gasteiger partial charge in [-0.05, 0) is 29.8 Å². The van der Waals surface area contributed by atoms with E-state index >= 15 is 0 Å². The molecule has 3 rings (SSSR count). The van der Waals surface area contributed by atoms with Gasteiger partial charge in [0.1, 0.15) is 17.5 Å². The van der Waals surface area contributed by atoms with Crippen molar-refractivity contribution in [3.63, 3.8) is 0 Å². The van der Waals surface area contributed by atoms with Gasteiger partial charge in [-0.2, -0.15) is 0 Å². The zero-order chi connectivity index (χ0) is 20.8. The third-order valence-electron chi connectivity index (χ3n) is 3.46. The smallest absolute Gasteiger partial charge is 0.234 e. The highest BCUT2D eigenvalue weighted by molar-refractivity contribution is 8.01. The molecule has 150 valence electrons. The van der Waals surface area contributed by atoms with Gasteiger partial charge in [-0.3, -0.25) is 9.59 Å². The van der Waals surface area contributed by atoms with Crippen molar-refractivity contribution in [2.75, 3.05) is 16.4 Å². The summed E-state index contributed by atoms with van der Waals surface area (Å²) in [7, 11) is 0. The number of thioether (sulfide) groups is 1. The molecule has 6 nitrogen and oxygen atoms in total. The van der Waals surface area contributed by atoms with Gasteiger partial charge in [-0.25, -0.2) is 13.2 Å². The van der Waals surface area contributed by atoms with Gasteiger partial charge >= 0.3 is 0 Å². The summed E-state index contributed by atoms with van der Waals surface area (Å²) in [5, 5.41) is 12.8. The van der Waals surface area contributed by atoms with Gasteiger partial charge in [0.25, 0.3) is 0 Å². The van der Waals surface area contributed by atoms with E-state index in [9.17, 15) is 22.8 Å². The summed E-state index contributed by atoms with van der Waals surface area (Å²) < 4.78 is 39.7. The maximum atomic E-state index is 13.5.